The number of allylic oxidation sites excluding steroid dienone is 8. The van der Waals surface area contributed by atoms with E-state index in [1.54, 1.807) is 0 Å². The van der Waals surface area contributed by atoms with Crippen molar-refractivity contribution >= 4 is 19.8 Å². The first-order chi connectivity index (χ1) is 28.4. The highest BCUT2D eigenvalue weighted by atomic mass is 31.2. The zero-order valence-corrected chi connectivity index (χ0v) is 38.1. The van der Waals surface area contributed by atoms with Crippen molar-refractivity contribution < 1.29 is 52.9 Å². The smallest absolute Gasteiger partial charge is 0.462 e. The largest absolute Gasteiger partial charge is 0.472 e. The average molecular weight is 857 g/mol. The molecule has 0 radical (unpaired) electrons. The summed E-state index contributed by atoms with van der Waals surface area (Å²) in [7, 11) is -4.64. The Hall–Kier alpha value is -2.11. The second-order valence-corrected chi connectivity index (χ2v) is 17.6. The van der Waals surface area contributed by atoms with Gasteiger partial charge in [-0.1, -0.05) is 159 Å². The highest BCUT2D eigenvalue weighted by Crippen LogP contribution is 2.43. The Morgan fingerprint density at radius 2 is 0.983 bits per heavy atom. The molecule has 0 aliphatic carbocycles. The van der Waals surface area contributed by atoms with Gasteiger partial charge in [0.25, 0.3) is 0 Å². The summed E-state index contributed by atoms with van der Waals surface area (Å²) in [5.41, 5.74) is 0. The zero-order chi connectivity index (χ0) is 43.7. The molecule has 0 spiro atoms. The summed E-state index contributed by atoms with van der Waals surface area (Å²) in [6.45, 7) is 4.21. The number of hydrogen-bond donors (Lipinski definition) is 4. The highest BCUT2D eigenvalue weighted by molar-refractivity contribution is 7.47. The van der Waals surface area contributed by atoms with Crippen LogP contribution in [0.5, 0.6) is 0 Å². The molecule has 59 heavy (non-hydrogen) atoms. The summed E-state index contributed by atoms with van der Waals surface area (Å²) in [5, 5.41) is 27.6. The molecule has 0 rings (SSSR count). The van der Waals surface area contributed by atoms with Crippen LogP contribution in [0.3, 0.4) is 0 Å². The first-order valence-corrected chi connectivity index (χ1v) is 24.5. The van der Waals surface area contributed by atoms with Gasteiger partial charge in [-0.15, -0.1) is 0 Å². The predicted molar refractivity (Wildman–Crippen MR) is 239 cm³/mol. The molecule has 1 unspecified atom stereocenters. The predicted octanol–water partition coefficient (Wildman–Crippen LogP) is 11.3. The minimum Gasteiger partial charge on any atom is -0.462 e. The number of ether oxygens (including phenoxy) is 2. The fraction of sp³-hybridized carbons (Fsp3) is 0.787. The number of carbonyl (C=O) groups excluding carboxylic acids is 2. The Bertz CT molecular complexity index is 1150. The number of aliphatic hydroxyl groups is 3. The van der Waals surface area contributed by atoms with Gasteiger partial charge in [-0.2, -0.15) is 0 Å². The van der Waals surface area contributed by atoms with E-state index in [1.807, 2.05) is 19.1 Å². The monoisotopic (exact) mass is 857 g/mol. The fourth-order valence-corrected chi connectivity index (χ4v) is 6.92. The Kier molecular flexibility index (Phi) is 39.8. The van der Waals surface area contributed by atoms with Crippen LogP contribution in [0.4, 0.5) is 0 Å². The Morgan fingerprint density at radius 1 is 0.542 bits per heavy atom. The first-order valence-electron chi connectivity index (χ1n) is 23.0. The molecule has 0 amide bonds. The van der Waals surface area contributed by atoms with Crippen molar-refractivity contribution in [2.24, 2.45) is 5.92 Å². The summed E-state index contributed by atoms with van der Waals surface area (Å²) in [6.07, 6.45) is 40.7. The first kappa shape index (κ1) is 56.9. The van der Waals surface area contributed by atoms with Gasteiger partial charge in [0.1, 0.15) is 12.7 Å². The number of phosphoric ester groups is 1. The summed E-state index contributed by atoms with van der Waals surface area (Å²) in [4.78, 5) is 35.0. The van der Waals surface area contributed by atoms with E-state index in [-0.39, 0.29) is 25.6 Å². The van der Waals surface area contributed by atoms with Crippen LogP contribution in [0, 0.1) is 5.92 Å². The molecule has 11 nitrogen and oxygen atoms in total. The van der Waals surface area contributed by atoms with E-state index in [0.29, 0.717) is 19.3 Å². The van der Waals surface area contributed by atoms with E-state index in [0.717, 1.165) is 63.7 Å². The third-order valence-electron chi connectivity index (χ3n) is 9.68. The molecule has 0 aromatic heterocycles. The molecule has 0 bridgehead atoms. The summed E-state index contributed by atoms with van der Waals surface area (Å²) >= 11 is 0. The van der Waals surface area contributed by atoms with Gasteiger partial charge in [0, 0.05) is 12.8 Å². The van der Waals surface area contributed by atoms with Crippen molar-refractivity contribution in [1.82, 2.24) is 0 Å². The van der Waals surface area contributed by atoms with Gasteiger partial charge < -0.3 is 29.7 Å². The Balaban J connectivity index is 4.33. The molecular weight excluding hydrogens is 771 g/mol. The molecule has 0 saturated heterocycles. The molecule has 0 aromatic carbocycles. The Morgan fingerprint density at radius 3 is 1.47 bits per heavy atom. The lowest BCUT2D eigenvalue weighted by molar-refractivity contribution is -0.161. The van der Waals surface area contributed by atoms with Crippen molar-refractivity contribution in [3.05, 3.63) is 48.6 Å². The van der Waals surface area contributed by atoms with Gasteiger partial charge in [0.15, 0.2) is 6.10 Å². The molecule has 4 atom stereocenters. The molecule has 0 fully saturated rings. The molecular formula is C47H85O11P. The normalized spacial score (nSPS) is 14.8. The molecule has 0 saturated carbocycles. The molecule has 12 heteroatoms. The summed E-state index contributed by atoms with van der Waals surface area (Å²) < 4.78 is 32.7. The Labute approximate surface area is 358 Å². The van der Waals surface area contributed by atoms with Crippen molar-refractivity contribution in [1.29, 1.82) is 0 Å². The van der Waals surface area contributed by atoms with Gasteiger partial charge in [-0.05, 0) is 70.6 Å². The lowest BCUT2D eigenvalue weighted by Crippen LogP contribution is -2.29. The molecule has 0 aliphatic rings. The average Bonchev–Trinajstić information content (AvgIpc) is 3.20. The molecule has 0 aromatic rings. The summed E-state index contributed by atoms with van der Waals surface area (Å²) in [6, 6.07) is 0. The number of hydrogen-bond acceptors (Lipinski definition) is 10. The summed E-state index contributed by atoms with van der Waals surface area (Å²) in [5.74, 6) is -0.182. The van der Waals surface area contributed by atoms with Gasteiger partial charge in [0.05, 0.1) is 25.9 Å². The number of esters is 2. The zero-order valence-electron chi connectivity index (χ0n) is 37.2. The van der Waals surface area contributed by atoms with Gasteiger partial charge in [-0.25, -0.2) is 4.57 Å². The third kappa shape index (κ3) is 43.8. The highest BCUT2D eigenvalue weighted by Gasteiger charge is 2.27. The maximum atomic E-state index is 12.6. The van der Waals surface area contributed by atoms with Crippen LogP contribution in [0.25, 0.3) is 0 Å². The molecule has 0 aliphatic heterocycles. The second kappa shape index (κ2) is 41.3. The van der Waals surface area contributed by atoms with Crippen molar-refractivity contribution in [3.63, 3.8) is 0 Å². The van der Waals surface area contributed by atoms with Crippen LogP contribution in [0.1, 0.15) is 188 Å². The van der Waals surface area contributed by atoms with Crippen LogP contribution < -0.4 is 0 Å². The SMILES string of the molecule is CC(C)CCCCCCCCCCCCCCCCCC(=O)O[C@H](COC(=O)CCC/C=C\C/C=C\C/C=C\C/C=C\CCC[C@@H](C)O)COP(=O)(O)OC[C@@H](O)CO. The quantitative estimate of drug-likeness (QED) is 0.0199. The topological polar surface area (TPSA) is 169 Å². The van der Waals surface area contributed by atoms with E-state index >= 15 is 0 Å². The second-order valence-electron chi connectivity index (χ2n) is 16.2. The number of phosphoric acid groups is 1. The standard InChI is InChI=1S/C47H85O11P/c1-42(2)34-30-26-22-18-14-10-6-4-9-13-17-21-25-29-33-37-47(52)58-45(41-57-59(53,54)56-39-44(50)38-48)40-55-46(51)36-32-28-24-20-16-12-8-5-7-11-15-19-23-27-31-35-43(3)49/h7-8,11-12,19-20,23-24,42-45,48-50H,4-6,9-10,13-18,21-22,25-41H2,1-3H3,(H,53,54)/b11-7-,12-8-,23-19-,24-20-/t43-,44+,45-/m1/s1. The van der Waals surface area contributed by atoms with E-state index in [1.165, 1.54) is 77.0 Å². The minimum absolute atomic E-state index is 0.154. The molecule has 4 N–H and O–H groups in total. The van der Waals surface area contributed by atoms with Crippen LogP contribution >= 0.6 is 7.82 Å². The molecule has 344 valence electrons. The van der Waals surface area contributed by atoms with Crippen LogP contribution in [0.15, 0.2) is 48.6 Å². The van der Waals surface area contributed by atoms with Crippen LogP contribution in [-0.4, -0.2) is 76.9 Å². The maximum absolute atomic E-state index is 12.6. The maximum Gasteiger partial charge on any atom is 0.472 e. The van der Waals surface area contributed by atoms with Gasteiger partial charge in [0.2, 0.25) is 0 Å². The van der Waals surface area contributed by atoms with E-state index < -0.39 is 51.8 Å². The van der Waals surface area contributed by atoms with Crippen LogP contribution in [-0.2, 0) is 32.7 Å². The fourth-order valence-electron chi connectivity index (χ4n) is 6.13. The number of rotatable bonds is 42. The van der Waals surface area contributed by atoms with Crippen molar-refractivity contribution in [2.45, 2.75) is 206 Å². The third-order valence-corrected chi connectivity index (χ3v) is 10.6. The number of unbranched alkanes of at least 4 members (excludes halogenated alkanes) is 16. The minimum atomic E-state index is -4.64. The van der Waals surface area contributed by atoms with Gasteiger partial charge >= 0.3 is 19.8 Å². The lowest BCUT2D eigenvalue weighted by atomic mass is 10.0. The number of aliphatic hydroxyl groups excluding tert-OH is 3. The van der Waals surface area contributed by atoms with Crippen LogP contribution in [0.2, 0.25) is 0 Å². The lowest BCUT2D eigenvalue weighted by Gasteiger charge is -2.20. The van der Waals surface area contributed by atoms with E-state index in [2.05, 4.69) is 54.8 Å². The van der Waals surface area contributed by atoms with E-state index in [4.69, 9.17) is 19.1 Å². The van der Waals surface area contributed by atoms with Crippen molar-refractivity contribution in [3.8, 4) is 0 Å². The van der Waals surface area contributed by atoms with Crippen molar-refractivity contribution in [2.75, 3.05) is 26.4 Å². The number of carbonyl (C=O) groups is 2. The molecule has 0 heterocycles. The van der Waals surface area contributed by atoms with E-state index in [9.17, 15) is 29.3 Å². The van der Waals surface area contributed by atoms with Gasteiger partial charge in [-0.3, -0.25) is 18.6 Å².